The van der Waals surface area contributed by atoms with Crippen molar-refractivity contribution in [2.75, 3.05) is 0 Å². The van der Waals surface area contributed by atoms with Crippen molar-refractivity contribution in [1.82, 2.24) is 5.32 Å². The summed E-state index contributed by atoms with van der Waals surface area (Å²) in [6.45, 7) is 1.74. The predicted molar refractivity (Wildman–Crippen MR) is 76.8 cm³/mol. The number of carbonyl (C=O) groups excluding carboxylic acids is 1. The molecule has 4 heteroatoms. The third kappa shape index (κ3) is 3.38. The Morgan fingerprint density at radius 1 is 1.25 bits per heavy atom. The van der Waals surface area contributed by atoms with Crippen LogP contribution in [0.4, 0.5) is 0 Å². The zero-order valence-electron chi connectivity index (χ0n) is 11.8. The van der Waals surface area contributed by atoms with Gasteiger partial charge in [-0.25, -0.2) is 4.79 Å². The standard InChI is InChI=1S/C16H21NO3/c1-2-14(16(19)20)17-15(18)13-9-7-12(8-10-13)11-5-3-4-6-11/h7-11,14H,2-6H2,1H3,(H,17,18)(H,19,20). The van der Waals surface area contributed by atoms with E-state index in [1.807, 2.05) is 12.1 Å². The van der Waals surface area contributed by atoms with E-state index in [2.05, 4.69) is 5.32 Å². The van der Waals surface area contributed by atoms with Gasteiger partial charge in [-0.1, -0.05) is 31.9 Å². The molecule has 1 aliphatic carbocycles. The molecular weight excluding hydrogens is 254 g/mol. The van der Waals surface area contributed by atoms with Gasteiger partial charge >= 0.3 is 5.97 Å². The molecule has 0 radical (unpaired) electrons. The second kappa shape index (κ2) is 6.55. The van der Waals surface area contributed by atoms with Gasteiger partial charge in [-0.3, -0.25) is 4.79 Å². The Labute approximate surface area is 119 Å². The Morgan fingerprint density at radius 2 is 1.85 bits per heavy atom. The van der Waals surface area contributed by atoms with Crippen LogP contribution in [0, 0.1) is 0 Å². The van der Waals surface area contributed by atoms with Gasteiger partial charge in [-0.05, 0) is 42.9 Å². The van der Waals surface area contributed by atoms with Gasteiger partial charge in [0.15, 0.2) is 0 Å². The molecule has 2 rings (SSSR count). The van der Waals surface area contributed by atoms with E-state index in [1.165, 1.54) is 31.2 Å². The maximum Gasteiger partial charge on any atom is 0.326 e. The topological polar surface area (TPSA) is 66.4 Å². The fourth-order valence-corrected chi connectivity index (χ4v) is 2.75. The van der Waals surface area contributed by atoms with Crippen molar-refractivity contribution in [2.24, 2.45) is 0 Å². The Kier molecular flexibility index (Phi) is 4.77. The number of hydrogen-bond acceptors (Lipinski definition) is 2. The summed E-state index contributed by atoms with van der Waals surface area (Å²) in [5.41, 5.74) is 1.80. The third-order valence-corrected chi connectivity index (χ3v) is 4.01. The maximum atomic E-state index is 12.0. The number of benzene rings is 1. The molecule has 1 aromatic rings. The van der Waals surface area contributed by atoms with Gasteiger partial charge in [0.2, 0.25) is 0 Å². The van der Waals surface area contributed by atoms with E-state index in [-0.39, 0.29) is 5.91 Å². The Hall–Kier alpha value is -1.84. The second-order valence-corrected chi connectivity index (χ2v) is 5.38. The van der Waals surface area contributed by atoms with Gasteiger partial charge in [-0.15, -0.1) is 0 Å². The van der Waals surface area contributed by atoms with E-state index < -0.39 is 12.0 Å². The summed E-state index contributed by atoms with van der Waals surface area (Å²) >= 11 is 0. The second-order valence-electron chi connectivity index (χ2n) is 5.38. The molecule has 1 atom stereocenters. The minimum Gasteiger partial charge on any atom is -0.480 e. The molecule has 1 amide bonds. The lowest BCUT2D eigenvalue weighted by Gasteiger charge is -2.13. The fourth-order valence-electron chi connectivity index (χ4n) is 2.75. The van der Waals surface area contributed by atoms with E-state index in [0.29, 0.717) is 17.9 Å². The molecule has 1 saturated carbocycles. The van der Waals surface area contributed by atoms with Gasteiger partial charge in [0.25, 0.3) is 5.91 Å². The number of amides is 1. The fraction of sp³-hybridized carbons (Fsp3) is 0.500. The molecule has 20 heavy (non-hydrogen) atoms. The summed E-state index contributed by atoms with van der Waals surface area (Å²) in [6, 6.07) is 6.74. The van der Waals surface area contributed by atoms with Crippen LogP contribution < -0.4 is 5.32 Å². The van der Waals surface area contributed by atoms with Gasteiger partial charge in [0.05, 0.1) is 0 Å². The molecule has 0 aromatic heterocycles. The molecule has 2 N–H and O–H groups in total. The molecule has 0 saturated heterocycles. The van der Waals surface area contributed by atoms with Crippen LogP contribution in [-0.4, -0.2) is 23.0 Å². The van der Waals surface area contributed by atoms with E-state index in [4.69, 9.17) is 5.11 Å². The van der Waals surface area contributed by atoms with E-state index in [1.54, 1.807) is 19.1 Å². The van der Waals surface area contributed by atoms with Crippen LogP contribution in [0.5, 0.6) is 0 Å². The highest BCUT2D eigenvalue weighted by atomic mass is 16.4. The largest absolute Gasteiger partial charge is 0.480 e. The van der Waals surface area contributed by atoms with Crippen LogP contribution in [0.25, 0.3) is 0 Å². The van der Waals surface area contributed by atoms with Crippen LogP contribution in [0.15, 0.2) is 24.3 Å². The molecule has 0 heterocycles. The highest BCUT2D eigenvalue weighted by Gasteiger charge is 2.20. The van der Waals surface area contributed by atoms with E-state index >= 15 is 0 Å². The molecule has 0 aliphatic heterocycles. The van der Waals surface area contributed by atoms with Gasteiger partial charge in [0, 0.05) is 5.56 Å². The van der Waals surface area contributed by atoms with Crippen molar-refractivity contribution in [1.29, 1.82) is 0 Å². The number of carboxylic acid groups (broad SMARTS) is 1. The number of nitrogens with one attached hydrogen (secondary N) is 1. The highest BCUT2D eigenvalue weighted by molar-refractivity contribution is 5.96. The molecule has 108 valence electrons. The van der Waals surface area contributed by atoms with Crippen LogP contribution in [0.3, 0.4) is 0 Å². The molecule has 1 fully saturated rings. The van der Waals surface area contributed by atoms with Crippen molar-refractivity contribution in [3.8, 4) is 0 Å². The van der Waals surface area contributed by atoms with Crippen molar-refractivity contribution >= 4 is 11.9 Å². The summed E-state index contributed by atoms with van der Waals surface area (Å²) in [5, 5.41) is 11.5. The molecule has 0 spiro atoms. The Morgan fingerprint density at radius 3 is 2.35 bits per heavy atom. The summed E-state index contributed by atoms with van der Waals surface area (Å²) < 4.78 is 0. The van der Waals surface area contributed by atoms with Crippen LogP contribution >= 0.6 is 0 Å². The Balaban J connectivity index is 2.01. The van der Waals surface area contributed by atoms with Crippen molar-refractivity contribution in [3.05, 3.63) is 35.4 Å². The zero-order chi connectivity index (χ0) is 14.5. The van der Waals surface area contributed by atoms with E-state index in [0.717, 1.165) is 0 Å². The summed E-state index contributed by atoms with van der Waals surface area (Å²) in [7, 11) is 0. The average Bonchev–Trinajstić information content (AvgIpc) is 2.98. The van der Waals surface area contributed by atoms with Gasteiger partial charge < -0.3 is 10.4 Å². The average molecular weight is 275 g/mol. The van der Waals surface area contributed by atoms with E-state index in [9.17, 15) is 9.59 Å². The molecule has 4 nitrogen and oxygen atoms in total. The van der Waals surface area contributed by atoms with Crippen LogP contribution in [-0.2, 0) is 4.79 Å². The minimum absolute atomic E-state index is 0.322. The molecule has 1 aliphatic rings. The van der Waals surface area contributed by atoms with Gasteiger partial charge in [-0.2, -0.15) is 0 Å². The SMILES string of the molecule is CCC(NC(=O)c1ccc(C2CCCC2)cc1)C(=O)O. The molecule has 1 unspecified atom stereocenters. The normalized spacial score (nSPS) is 16.9. The molecular formula is C16H21NO3. The summed E-state index contributed by atoms with van der Waals surface area (Å²) in [6.07, 6.45) is 5.39. The van der Waals surface area contributed by atoms with Crippen molar-refractivity contribution < 1.29 is 14.7 Å². The van der Waals surface area contributed by atoms with Gasteiger partial charge in [0.1, 0.15) is 6.04 Å². The van der Waals surface area contributed by atoms with Crippen molar-refractivity contribution in [3.63, 3.8) is 0 Å². The predicted octanol–water partition coefficient (Wildman–Crippen LogP) is 2.94. The number of rotatable bonds is 5. The monoisotopic (exact) mass is 275 g/mol. The number of aliphatic carboxylic acids is 1. The first kappa shape index (κ1) is 14.6. The molecule has 0 bridgehead atoms. The van der Waals surface area contributed by atoms with Crippen LogP contribution in [0.1, 0.15) is 60.9 Å². The minimum atomic E-state index is -0.997. The number of carbonyl (C=O) groups is 2. The lowest BCUT2D eigenvalue weighted by atomic mass is 9.96. The summed E-state index contributed by atoms with van der Waals surface area (Å²) in [4.78, 5) is 22.9. The van der Waals surface area contributed by atoms with Crippen LogP contribution in [0.2, 0.25) is 0 Å². The highest BCUT2D eigenvalue weighted by Crippen LogP contribution is 2.33. The quantitative estimate of drug-likeness (QED) is 0.868. The maximum absolute atomic E-state index is 12.0. The lowest BCUT2D eigenvalue weighted by Crippen LogP contribution is -2.40. The first-order chi connectivity index (χ1) is 9.61. The zero-order valence-corrected chi connectivity index (χ0v) is 11.8. The third-order valence-electron chi connectivity index (χ3n) is 4.01. The lowest BCUT2D eigenvalue weighted by molar-refractivity contribution is -0.139. The summed E-state index contributed by atoms with van der Waals surface area (Å²) in [5.74, 6) is -0.699. The Bertz CT molecular complexity index is 475. The molecule has 1 aromatic carbocycles. The first-order valence-corrected chi connectivity index (χ1v) is 7.25. The van der Waals surface area contributed by atoms with Crippen molar-refractivity contribution in [2.45, 2.75) is 51.0 Å². The first-order valence-electron chi connectivity index (χ1n) is 7.25. The number of hydrogen-bond donors (Lipinski definition) is 2. The smallest absolute Gasteiger partial charge is 0.326 e. The number of carboxylic acids is 1.